The SMILES string of the molecule is Cc1nc(C)c(Cc2ccccc2)c(N2CCCN(C(=O)c3ccc(Cl)cc3)CC2)n1. The van der Waals surface area contributed by atoms with Crippen molar-refractivity contribution in [1.29, 1.82) is 0 Å². The van der Waals surface area contributed by atoms with Crippen molar-refractivity contribution in [2.75, 3.05) is 31.1 Å². The van der Waals surface area contributed by atoms with E-state index in [-0.39, 0.29) is 5.91 Å². The fourth-order valence-electron chi connectivity index (χ4n) is 4.09. The molecule has 0 radical (unpaired) electrons. The van der Waals surface area contributed by atoms with Crippen LogP contribution >= 0.6 is 11.6 Å². The van der Waals surface area contributed by atoms with Gasteiger partial charge < -0.3 is 9.80 Å². The van der Waals surface area contributed by atoms with Gasteiger partial charge in [0.2, 0.25) is 0 Å². The monoisotopic (exact) mass is 434 g/mol. The summed E-state index contributed by atoms with van der Waals surface area (Å²) in [5, 5.41) is 0.638. The highest BCUT2D eigenvalue weighted by Gasteiger charge is 2.23. The first kappa shape index (κ1) is 21.3. The van der Waals surface area contributed by atoms with Crippen molar-refractivity contribution in [3.05, 3.63) is 87.8 Å². The summed E-state index contributed by atoms with van der Waals surface area (Å²) < 4.78 is 0. The van der Waals surface area contributed by atoms with E-state index in [1.807, 2.05) is 17.9 Å². The van der Waals surface area contributed by atoms with Crippen LogP contribution in [0.1, 0.15) is 39.4 Å². The van der Waals surface area contributed by atoms with Crippen LogP contribution in [0, 0.1) is 13.8 Å². The van der Waals surface area contributed by atoms with Crippen molar-refractivity contribution in [1.82, 2.24) is 14.9 Å². The molecule has 160 valence electrons. The number of aryl methyl sites for hydroxylation is 2. The van der Waals surface area contributed by atoms with Crippen LogP contribution in [0.15, 0.2) is 54.6 Å². The Morgan fingerprint density at radius 1 is 0.935 bits per heavy atom. The van der Waals surface area contributed by atoms with Gasteiger partial charge in [-0.1, -0.05) is 41.9 Å². The maximum Gasteiger partial charge on any atom is 0.253 e. The molecule has 1 amide bonds. The number of halogens is 1. The first-order valence-corrected chi connectivity index (χ1v) is 11.1. The molecule has 2 aromatic carbocycles. The van der Waals surface area contributed by atoms with Crippen molar-refractivity contribution < 1.29 is 4.79 Å². The maximum atomic E-state index is 13.0. The minimum atomic E-state index is 0.0538. The Hall–Kier alpha value is -2.92. The van der Waals surface area contributed by atoms with Crippen LogP contribution in [-0.2, 0) is 6.42 Å². The van der Waals surface area contributed by atoms with Gasteiger partial charge in [-0.2, -0.15) is 0 Å². The largest absolute Gasteiger partial charge is 0.354 e. The third-order valence-electron chi connectivity index (χ3n) is 5.70. The summed E-state index contributed by atoms with van der Waals surface area (Å²) in [7, 11) is 0. The summed E-state index contributed by atoms with van der Waals surface area (Å²) in [5.41, 5.74) is 4.10. The fraction of sp³-hybridized carbons (Fsp3) is 0.320. The lowest BCUT2D eigenvalue weighted by Crippen LogP contribution is -2.35. The van der Waals surface area contributed by atoms with E-state index in [4.69, 9.17) is 16.6 Å². The van der Waals surface area contributed by atoms with E-state index in [0.29, 0.717) is 17.1 Å². The Labute approximate surface area is 188 Å². The number of hydrogen-bond donors (Lipinski definition) is 0. The summed E-state index contributed by atoms with van der Waals surface area (Å²) in [6.07, 6.45) is 1.69. The first-order chi connectivity index (χ1) is 15.0. The summed E-state index contributed by atoms with van der Waals surface area (Å²) in [6, 6.07) is 17.5. The number of amides is 1. The minimum absolute atomic E-state index is 0.0538. The minimum Gasteiger partial charge on any atom is -0.354 e. The van der Waals surface area contributed by atoms with Crippen LogP contribution in [0.25, 0.3) is 0 Å². The van der Waals surface area contributed by atoms with E-state index in [1.54, 1.807) is 24.3 Å². The number of carbonyl (C=O) groups excluding carboxylic acids is 1. The van der Waals surface area contributed by atoms with Gasteiger partial charge in [-0.3, -0.25) is 4.79 Å². The maximum absolute atomic E-state index is 13.0. The molecule has 1 saturated heterocycles. The second-order valence-corrected chi connectivity index (χ2v) is 8.40. The van der Waals surface area contributed by atoms with Gasteiger partial charge in [-0.25, -0.2) is 9.97 Å². The Morgan fingerprint density at radius 2 is 1.68 bits per heavy atom. The highest BCUT2D eigenvalue weighted by molar-refractivity contribution is 6.30. The second-order valence-electron chi connectivity index (χ2n) is 7.96. The molecule has 3 aromatic rings. The van der Waals surface area contributed by atoms with Crippen molar-refractivity contribution in [2.45, 2.75) is 26.7 Å². The van der Waals surface area contributed by atoms with E-state index in [1.165, 1.54) is 5.56 Å². The molecule has 5 nitrogen and oxygen atoms in total. The Kier molecular flexibility index (Phi) is 6.52. The third kappa shape index (κ3) is 5.05. The molecule has 1 aliphatic rings. The lowest BCUT2D eigenvalue weighted by molar-refractivity contribution is 0.0767. The van der Waals surface area contributed by atoms with Crippen LogP contribution < -0.4 is 4.90 Å². The Morgan fingerprint density at radius 3 is 2.42 bits per heavy atom. The summed E-state index contributed by atoms with van der Waals surface area (Å²) in [6.45, 7) is 7.00. The quantitative estimate of drug-likeness (QED) is 0.597. The van der Waals surface area contributed by atoms with Crippen LogP contribution in [0.2, 0.25) is 5.02 Å². The molecular formula is C25H27ClN4O. The molecule has 1 fully saturated rings. The number of benzene rings is 2. The molecule has 0 atom stereocenters. The predicted molar refractivity (Wildman–Crippen MR) is 125 cm³/mol. The molecule has 2 heterocycles. The molecule has 0 N–H and O–H groups in total. The zero-order valence-corrected chi connectivity index (χ0v) is 18.8. The van der Waals surface area contributed by atoms with Crippen LogP contribution in [0.5, 0.6) is 0 Å². The zero-order valence-electron chi connectivity index (χ0n) is 18.0. The van der Waals surface area contributed by atoms with Crippen LogP contribution in [-0.4, -0.2) is 47.0 Å². The fourth-order valence-corrected chi connectivity index (χ4v) is 4.22. The number of nitrogens with zero attached hydrogens (tertiary/aromatic N) is 4. The smallest absolute Gasteiger partial charge is 0.253 e. The Bertz CT molecular complexity index is 1050. The van der Waals surface area contributed by atoms with Gasteiger partial charge in [0.05, 0.1) is 0 Å². The number of rotatable bonds is 4. The Balaban J connectivity index is 1.55. The lowest BCUT2D eigenvalue weighted by atomic mass is 10.0. The predicted octanol–water partition coefficient (Wildman–Crippen LogP) is 4.69. The number of aromatic nitrogens is 2. The number of carbonyl (C=O) groups is 1. The molecule has 0 spiro atoms. The molecule has 0 bridgehead atoms. The number of anilines is 1. The van der Waals surface area contributed by atoms with Gasteiger partial charge in [0, 0.05) is 54.4 Å². The van der Waals surface area contributed by atoms with E-state index in [0.717, 1.165) is 55.4 Å². The topological polar surface area (TPSA) is 49.3 Å². The molecule has 6 heteroatoms. The number of hydrogen-bond acceptors (Lipinski definition) is 4. The summed E-state index contributed by atoms with van der Waals surface area (Å²) >= 11 is 5.97. The summed E-state index contributed by atoms with van der Waals surface area (Å²) in [4.78, 5) is 26.7. The van der Waals surface area contributed by atoms with Gasteiger partial charge in [-0.15, -0.1) is 0 Å². The van der Waals surface area contributed by atoms with E-state index < -0.39 is 0 Å². The van der Waals surface area contributed by atoms with Crippen molar-refractivity contribution in [3.8, 4) is 0 Å². The molecule has 0 saturated carbocycles. The summed E-state index contributed by atoms with van der Waals surface area (Å²) in [5.74, 6) is 1.83. The lowest BCUT2D eigenvalue weighted by Gasteiger charge is -2.26. The van der Waals surface area contributed by atoms with Gasteiger partial charge in [-0.05, 0) is 50.1 Å². The van der Waals surface area contributed by atoms with Gasteiger partial charge in [0.15, 0.2) is 0 Å². The zero-order chi connectivity index (χ0) is 21.8. The molecule has 0 unspecified atom stereocenters. The van der Waals surface area contributed by atoms with Crippen molar-refractivity contribution in [3.63, 3.8) is 0 Å². The molecule has 31 heavy (non-hydrogen) atoms. The standard InChI is InChI=1S/C25H27ClN4O/c1-18-23(17-20-7-4-3-5-8-20)24(28-19(2)27-18)29-13-6-14-30(16-15-29)25(31)21-9-11-22(26)12-10-21/h3-5,7-12H,6,13-17H2,1-2H3. The average Bonchev–Trinajstić information content (AvgIpc) is 3.02. The van der Waals surface area contributed by atoms with Crippen LogP contribution in [0.4, 0.5) is 5.82 Å². The highest BCUT2D eigenvalue weighted by Crippen LogP contribution is 2.25. The van der Waals surface area contributed by atoms with Crippen LogP contribution in [0.3, 0.4) is 0 Å². The van der Waals surface area contributed by atoms with Crippen molar-refractivity contribution in [2.24, 2.45) is 0 Å². The molecule has 0 aliphatic carbocycles. The highest BCUT2D eigenvalue weighted by atomic mass is 35.5. The molecule has 4 rings (SSSR count). The second kappa shape index (κ2) is 9.48. The first-order valence-electron chi connectivity index (χ1n) is 10.7. The van der Waals surface area contributed by atoms with Gasteiger partial charge in [0.25, 0.3) is 5.91 Å². The van der Waals surface area contributed by atoms with Gasteiger partial charge >= 0.3 is 0 Å². The van der Waals surface area contributed by atoms with Crippen molar-refractivity contribution >= 4 is 23.3 Å². The molecule has 1 aliphatic heterocycles. The average molecular weight is 435 g/mol. The molecular weight excluding hydrogens is 408 g/mol. The molecule has 1 aromatic heterocycles. The van der Waals surface area contributed by atoms with E-state index in [9.17, 15) is 4.79 Å². The normalized spacial score (nSPS) is 14.4. The van der Waals surface area contributed by atoms with E-state index >= 15 is 0 Å². The third-order valence-corrected chi connectivity index (χ3v) is 5.95. The van der Waals surface area contributed by atoms with E-state index in [2.05, 4.69) is 41.1 Å². The van der Waals surface area contributed by atoms with Gasteiger partial charge in [0.1, 0.15) is 11.6 Å².